The zero-order valence-electron chi connectivity index (χ0n) is 12.8. The van der Waals surface area contributed by atoms with Gasteiger partial charge in [-0.05, 0) is 46.0 Å². The summed E-state index contributed by atoms with van der Waals surface area (Å²) in [7, 11) is -2.86. The second kappa shape index (κ2) is 10.7. The van der Waals surface area contributed by atoms with Crippen molar-refractivity contribution >= 4 is 7.60 Å². The lowest BCUT2D eigenvalue weighted by atomic mass is 10.2. The maximum absolute atomic E-state index is 12.2. The molecule has 0 aliphatic carbocycles. The first-order valence-electron chi connectivity index (χ1n) is 7.81. The number of unbranched alkanes of at least 4 members (excludes halogenated alkanes) is 2. The van der Waals surface area contributed by atoms with Crippen molar-refractivity contribution in [1.29, 1.82) is 0 Å². The SMILES string of the molecule is CCOP(=O)(CCCCCOC1CCCCO1)OCC. The number of rotatable bonds is 11. The zero-order chi connectivity index (χ0) is 14.7. The van der Waals surface area contributed by atoms with E-state index in [0.29, 0.717) is 26.0 Å². The Balaban J connectivity index is 2.03. The summed E-state index contributed by atoms with van der Waals surface area (Å²) in [6, 6.07) is 0. The Labute approximate surface area is 122 Å². The number of hydrogen-bond acceptors (Lipinski definition) is 5. The van der Waals surface area contributed by atoms with Gasteiger partial charge in [-0.15, -0.1) is 0 Å². The van der Waals surface area contributed by atoms with Gasteiger partial charge in [-0.1, -0.05) is 6.42 Å². The summed E-state index contributed by atoms with van der Waals surface area (Å²) in [6.07, 6.45) is 6.59. The predicted molar refractivity (Wildman–Crippen MR) is 79.1 cm³/mol. The highest BCUT2D eigenvalue weighted by atomic mass is 31.2. The van der Waals surface area contributed by atoms with E-state index in [1.165, 1.54) is 6.42 Å². The van der Waals surface area contributed by atoms with Crippen LogP contribution in [0.5, 0.6) is 0 Å². The van der Waals surface area contributed by atoms with Gasteiger partial charge in [0.05, 0.1) is 19.4 Å². The second-order valence-electron chi connectivity index (χ2n) is 4.90. The van der Waals surface area contributed by atoms with E-state index in [-0.39, 0.29) is 6.29 Å². The zero-order valence-corrected chi connectivity index (χ0v) is 13.7. The fraction of sp³-hybridized carbons (Fsp3) is 1.00. The fourth-order valence-corrected chi connectivity index (χ4v) is 3.93. The molecule has 1 unspecified atom stereocenters. The molecule has 0 amide bonds. The van der Waals surface area contributed by atoms with E-state index in [9.17, 15) is 4.57 Å². The van der Waals surface area contributed by atoms with Gasteiger partial charge in [0.15, 0.2) is 6.29 Å². The first-order valence-corrected chi connectivity index (χ1v) is 9.54. The van der Waals surface area contributed by atoms with Crippen LogP contribution in [0, 0.1) is 0 Å². The average Bonchev–Trinajstić information content (AvgIpc) is 2.44. The van der Waals surface area contributed by atoms with Crippen LogP contribution < -0.4 is 0 Å². The van der Waals surface area contributed by atoms with Crippen molar-refractivity contribution in [3.63, 3.8) is 0 Å². The van der Waals surface area contributed by atoms with E-state index < -0.39 is 7.60 Å². The Morgan fingerprint density at radius 3 is 2.45 bits per heavy atom. The summed E-state index contributed by atoms with van der Waals surface area (Å²) in [5, 5.41) is 0. The molecule has 1 fully saturated rings. The van der Waals surface area contributed by atoms with Crippen molar-refractivity contribution in [1.82, 2.24) is 0 Å². The Morgan fingerprint density at radius 2 is 1.85 bits per heavy atom. The van der Waals surface area contributed by atoms with Gasteiger partial charge in [0, 0.05) is 13.2 Å². The minimum Gasteiger partial charge on any atom is -0.353 e. The molecule has 6 heteroatoms. The van der Waals surface area contributed by atoms with Crippen molar-refractivity contribution in [2.75, 3.05) is 32.6 Å². The molecule has 1 aliphatic rings. The van der Waals surface area contributed by atoms with Gasteiger partial charge >= 0.3 is 7.60 Å². The highest BCUT2D eigenvalue weighted by Gasteiger charge is 2.22. The van der Waals surface area contributed by atoms with Gasteiger partial charge in [0.25, 0.3) is 0 Å². The Morgan fingerprint density at radius 1 is 1.10 bits per heavy atom. The van der Waals surface area contributed by atoms with E-state index in [0.717, 1.165) is 38.7 Å². The Kier molecular flexibility index (Phi) is 9.74. The van der Waals surface area contributed by atoms with Crippen molar-refractivity contribution in [3.05, 3.63) is 0 Å². The fourth-order valence-electron chi connectivity index (χ4n) is 2.20. The van der Waals surface area contributed by atoms with Crippen LogP contribution in [0.15, 0.2) is 0 Å². The van der Waals surface area contributed by atoms with Crippen molar-refractivity contribution in [2.45, 2.75) is 58.7 Å². The van der Waals surface area contributed by atoms with Gasteiger partial charge in [0.2, 0.25) is 0 Å². The molecular weight excluding hydrogens is 279 g/mol. The molecule has 0 saturated carbocycles. The lowest BCUT2D eigenvalue weighted by Gasteiger charge is -2.22. The molecule has 5 nitrogen and oxygen atoms in total. The van der Waals surface area contributed by atoms with Crippen LogP contribution in [0.4, 0.5) is 0 Å². The third-order valence-corrected chi connectivity index (χ3v) is 5.34. The molecule has 0 radical (unpaired) electrons. The number of hydrogen-bond donors (Lipinski definition) is 0. The second-order valence-corrected chi connectivity index (χ2v) is 7.08. The summed E-state index contributed by atoms with van der Waals surface area (Å²) in [4.78, 5) is 0. The topological polar surface area (TPSA) is 54.0 Å². The molecule has 0 aromatic rings. The smallest absolute Gasteiger partial charge is 0.330 e. The molecule has 1 atom stereocenters. The van der Waals surface area contributed by atoms with Gasteiger partial charge in [-0.2, -0.15) is 0 Å². The molecule has 1 rings (SSSR count). The summed E-state index contributed by atoms with van der Waals surface area (Å²) >= 11 is 0. The van der Waals surface area contributed by atoms with Crippen LogP contribution in [-0.2, 0) is 23.1 Å². The molecule has 120 valence electrons. The molecule has 1 saturated heterocycles. The van der Waals surface area contributed by atoms with Crippen LogP contribution in [-0.4, -0.2) is 38.9 Å². The molecule has 1 heterocycles. The van der Waals surface area contributed by atoms with E-state index >= 15 is 0 Å². The van der Waals surface area contributed by atoms with Crippen LogP contribution in [0.3, 0.4) is 0 Å². The molecule has 0 aromatic carbocycles. The maximum Gasteiger partial charge on any atom is 0.330 e. The number of ether oxygens (including phenoxy) is 2. The summed E-state index contributed by atoms with van der Waals surface area (Å²) < 4.78 is 33.9. The molecule has 0 bridgehead atoms. The largest absolute Gasteiger partial charge is 0.353 e. The van der Waals surface area contributed by atoms with Gasteiger partial charge in [-0.3, -0.25) is 4.57 Å². The first-order chi connectivity index (χ1) is 9.70. The highest BCUT2D eigenvalue weighted by molar-refractivity contribution is 7.53. The maximum atomic E-state index is 12.2. The van der Waals surface area contributed by atoms with Gasteiger partial charge in [0.1, 0.15) is 0 Å². The first kappa shape index (κ1) is 18.1. The molecule has 20 heavy (non-hydrogen) atoms. The van der Waals surface area contributed by atoms with Crippen LogP contribution in [0.25, 0.3) is 0 Å². The van der Waals surface area contributed by atoms with Gasteiger partial charge < -0.3 is 18.5 Å². The monoisotopic (exact) mass is 308 g/mol. The minimum atomic E-state index is -2.86. The van der Waals surface area contributed by atoms with E-state index in [4.69, 9.17) is 18.5 Å². The van der Waals surface area contributed by atoms with E-state index in [1.54, 1.807) is 0 Å². The summed E-state index contributed by atoms with van der Waals surface area (Å²) in [5.74, 6) is 0. The standard InChI is InChI=1S/C14H29O5P/c1-3-18-20(15,19-4-2)13-9-5-7-11-16-14-10-6-8-12-17-14/h14H,3-13H2,1-2H3. The van der Waals surface area contributed by atoms with E-state index in [2.05, 4.69) is 0 Å². The van der Waals surface area contributed by atoms with Crippen LogP contribution in [0.2, 0.25) is 0 Å². The van der Waals surface area contributed by atoms with Crippen molar-refractivity contribution < 1.29 is 23.1 Å². The molecular formula is C14H29O5P. The summed E-state index contributed by atoms with van der Waals surface area (Å²) in [6.45, 7) is 6.06. The predicted octanol–water partition coefficient (Wildman–Crippen LogP) is 3.97. The molecule has 0 N–H and O–H groups in total. The normalized spacial score (nSPS) is 20.2. The van der Waals surface area contributed by atoms with Crippen molar-refractivity contribution in [2.24, 2.45) is 0 Å². The lowest BCUT2D eigenvalue weighted by Crippen LogP contribution is -2.22. The molecule has 0 spiro atoms. The average molecular weight is 308 g/mol. The third kappa shape index (κ3) is 7.75. The molecule has 1 aliphatic heterocycles. The van der Waals surface area contributed by atoms with Crippen LogP contribution in [0.1, 0.15) is 52.4 Å². The van der Waals surface area contributed by atoms with E-state index in [1.807, 2.05) is 13.8 Å². The highest BCUT2D eigenvalue weighted by Crippen LogP contribution is 2.48. The van der Waals surface area contributed by atoms with Crippen molar-refractivity contribution in [3.8, 4) is 0 Å². The minimum absolute atomic E-state index is 0.0123. The van der Waals surface area contributed by atoms with Gasteiger partial charge in [-0.25, -0.2) is 0 Å². The summed E-state index contributed by atoms with van der Waals surface area (Å²) in [5.41, 5.74) is 0. The third-order valence-electron chi connectivity index (χ3n) is 3.17. The molecule has 0 aromatic heterocycles. The lowest BCUT2D eigenvalue weighted by molar-refractivity contribution is -0.162. The Bertz CT molecular complexity index is 269. The van der Waals surface area contributed by atoms with Crippen LogP contribution >= 0.6 is 7.60 Å². The Hall–Kier alpha value is 0.0700. The quantitative estimate of drug-likeness (QED) is 0.427.